The smallest absolute Gasteiger partial charge is 0.0945 e. The predicted octanol–water partition coefficient (Wildman–Crippen LogP) is 1.77. The van der Waals surface area contributed by atoms with Gasteiger partial charge < -0.3 is 9.88 Å². The van der Waals surface area contributed by atoms with Crippen LogP contribution in [0.15, 0.2) is 37.1 Å². The quantitative estimate of drug-likeness (QED) is 0.769. The summed E-state index contributed by atoms with van der Waals surface area (Å²) in [5, 5.41) is 3.39. The van der Waals surface area contributed by atoms with Crippen molar-refractivity contribution in [3.05, 3.63) is 48.3 Å². The largest absolute Gasteiger partial charge is 0.337 e. The van der Waals surface area contributed by atoms with E-state index in [2.05, 4.69) is 38.9 Å². The third-order valence-corrected chi connectivity index (χ3v) is 2.61. The number of imidazole rings is 1. The number of pyridine rings is 1. The summed E-state index contributed by atoms with van der Waals surface area (Å²) in [7, 11) is 0. The van der Waals surface area contributed by atoms with Crippen LogP contribution in [0.4, 0.5) is 0 Å². The first kappa shape index (κ1) is 11.8. The van der Waals surface area contributed by atoms with Crippen molar-refractivity contribution in [2.75, 3.05) is 6.54 Å². The molecule has 4 nitrogen and oxygen atoms in total. The molecule has 2 heterocycles. The number of nitrogens with zero attached hydrogens (tertiary/aromatic N) is 3. The molecule has 2 aromatic heterocycles. The normalized spacial score (nSPS) is 10.6. The molecule has 0 aromatic carbocycles. The van der Waals surface area contributed by atoms with Crippen LogP contribution in [-0.4, -0.2) is 21.1 Å². The molecule has 0 radical (unpaired) electrons. The Kier molecular flexibility index (Phi) is 4.27. The highest BCUT2D eigenvalue weighted by Crippen LogP contribution is 1.98. The first-order chi connectivity index (χ1) is 8.34. The van der Waals surface area contributed by atoms with Crippen molar-refractivity contribution in [3.63, 3.8) is 0 Å². The molecule has 0 amide bonds. The summed E-state index contributed by atoms with van der Waals surface area (Å²) in [6, 6.07) is 4.16. The molecule has 17 heavy (non-hydrogen) atoms. The molecular weight excluding hydrogens is 212 g/mol. The molecule has 0 aliphatic heterocycles. The maximum atomic E-state index is 4.35. The molecule has 0 spiro atoms. The summed E-state index contributed by atoms with van der Waals surface area (Å²) in [6.45, 7) is 4.89. The Labute approximate surface area is 102 Å². The molecule has 2 aromatic rings. The number of aromatic nitrogens is 3. The predicted molar refractivity (Wildman–Crippen MR) is 67.5 cm³/mol. The molecule has 0 fully saturated rings. The van der Waals surface area contributed by atoms with Crippen LogP contribution in [0.2, 0.25) is 0 Å². The zero-order valence-corrected chi connectivity index (χ0v) is 10.1. The van der Waals surface area contributed by atoms with E-state index in [-0.39, 0.29) is 0 Å². The fraction of sp³-hybridized carbons (Fsp3) is 0.385. The van der Waals surface area contributed by atoms with Crippen LogP contribution in [0.5, 0.6) is 0 Å². The molecule has 0 saturated heterocycles. The van der Waals surface area contributed by atoms with E-state index in [9.17, 15) is 0 Å². The summed E-state index contributed by atoms with van der Waals surface area (Å²) in [4.78, 5) is 8.36. The highest BCUT2D eigenvalue weighted by atomic mass is 15.0. The van der Waals surface area contributed by atoms with Crippen LogP contribution in [0.25, 0.3) is 0 Å². The average molecular weight is 230 g/mol. The second-order valence-electron chi connectivity index (χ2n) is 4.16. The second-order valence-corrected chi connectivity index (χ2v) is 4.16. The summed E-state index contributed by atoms with van der Waals surface area (Å²) >= 11 is 0. The van der Waals surface area contributed by atoms with Gasteiger partial charge >= 0.3 is 0 Å². The van der Waals surface area contributed by atoms with Gasteiger partial charge in [-0.15, -0.1) is 0 Å². The van der Waals surface area contributed by atoms with Crippen molar-refractivity contribution < 1.29 is 0 Å². The SMILES string of the molecule is Cc1ccc(CNCCCn2ccnc2)nc1. The molecule has 0 unspecified atom stereocenters. The summed E-state index contributed by atoms with van der Waals surface area (Å²) in [5.41, 5.74) is 2.30. The van der Waals surface area contributed by atoms with Crippen LogP contribution >= 0.6 is 0 Å². The lowest BCUT2D eigenvalue weighted by Gasteiger charge is -2.05. The molecule has 0 aliphatic carbocycles. The standard InChI is InChI=1S/C13H18N4/c1-12-3-4-13(16-9-12)10-14-5-2-7-17-8-6-15-11-17/h3-4,6,8-9,11,14H,2,5,7,10H2,1H3. The lowest BCUT2D eigenvalue weighted by atomic mass is 10.3. The fourth-order valence-electron chi connectivity index (χ4n) is 1.63. The van der Waals surface area contributed by atoms with Gasteiger partial charge in [0.25, 0.3) is 0 Å². The number of hydrogen-bond acceptors (Lipinski definition) is 3. The minimum absolute atomic E-state index is 0.838. The van der Waals surface area contributed by atoms with Gasteiger partial charge in [0.15, 0.2) is 0 Å². The number of hydrogen-bond donors (Lipinski definition) is 1. The van der Waals surface area contributed by atoms with Crippen molar-refractivity contribution in [3.8, 4) is 0 Å². The van der Waals surface area contributed by atoms with Gasteiger partial charge in [-0.2, -0.15) is 0 Å². The van der Waals surface area contributed by atoms with E-state index >= 15 is 0 Å². The zero-order chi connectivity index (χ0) is 11.9. The van der Waals surface area contributed by atoms with Crippen LogP contribution in [-0.2, 0) is 13.1 Å². The molecular formula is C13H18N4. The van der Waals surface area contributed by atoms with Crippen LogP contribution < -0.4 is 5.32 Å². The van der Waals surface area contributed by atoms with Gasteiger partial charge in [0.2, 0.25) is 0 Å². The number of aryl methyl sites for hydroxylation is 2. The lowest BCUT2D eigenvalue weighted by Crippen LogP contribution is -2.17. The molecule has 4 heteroatoms. The fourth-order valence-corrected chi connectivity index (χ4v) is 1.63. The number of nitrogens with one attached hydrogen (secondary N) is 1. The monoisotopic (exact) mass is 230 g/mol. The third kappa shape index (κ3) is 4.00. The van der Waals surface area contributed by atoms with E-state index in [1.807, 2.05) is 24.9 Å². The van der Waals surface area contributed by atoms with Gasteiger partial charge in [-0.25, -0.2) is 4.98 Å². The first-order valence-corrected chi connectivity index (χ1v) is 5.92. The van der Waals surface area contributed by atoms with E-state index < -0.39 is 0 Å². The van der Waals surface area contributed by atoms with Gasteiger partial charge in [0.05, 0.1) is 12.0 Å². The Morgan fingerprint density at radius 2 is 2.29 bits per heavy atom. The Balaban J connectivity index is 1.61. The number of rotatable bonds is 6. The average Bonchev–Trinajstić information content (AvgIpc) is 2.84. The maximum Gasteiger partial charge on any atom is 0.0945 e. The van der Waals surface area contributed by atoms with E-state index in [1.165, 1.54) is 5.56 Å². The van der Waals surface area contributed by atoms with Crippen molar-refractivity contribution in [1.29, 1.82) is 0 Å². The third-order valence-electron chi connectivity index (χ3n) is 2.61. The summed E-state index contributed by atoms with van der Waals surface area (Å²) in [5.74, 6) is 0. The second kappa shape index (κ2) is 6.15. The van der Waals surface area contributed by atoms with Crippen molar-refractivity contribution in [2.24, 2.45) is 0 Å². The Morgan fingerprint density at radius 1 is 1.35 bits per heavy atom. The molecule has 2 rings (SSSR count). The Hall–Kier alpha value is -1.68. The molecule has 0 saturated carbocycles. The topological polar surface area (TPSA) is 42.7 Å². The lowest BCUT2D eigenvalue weighted by molar-refractivity contribution is 0.577. The van der Waals surface area contributed by atoms with Gasteiger partial charge in [0.1, 0.15) is 0 Å². The van der Waals surface area contributed by atoms with Crippen molar-refractivity contribution in [2.45, 2.75) is 26.4 Å². The summed E-state index contributed by atoms with van der Waals surface area (Å²) < 4.78 is 2.09. The zero-order valence-electron chi connectivity index (χ0n) is 10.1. The van der Waals surface area contributed by atoms with Crippen molar-refractivity contribution in [1.82, 2.24) is 19.9 Å². The van der Waals surface area contributed by atoms with E-state index in [0.29, 0.717) is 0 Å². The highest BCUT2D eigenvalue weighted by Gasteiger charge is 1.94. The molecule has 90 valence electrons. The maximum absolute atomic E-state index is 4.35. The summed E-state index contributed by atoms with van der Waals surface area (Å²) in [6.07, 6.45) is 8.65. The van der Waals surface area contributed by atoms with Gasteiger partial charge in [-0.1, -0.05) is 6.07 Å². The van der Waals surface area contributed by atoms with Crippen LogP contribution in [0.3, 0.4) is 0 Å². The molecule has 0 aliphatic rings. The Morgan fingerprint density at radius 3 is 3.00 bits per heavy atom. The minimum atomic E-state index is 0.838. The molecule has 0 bridgehead atoms. The van der Waals surface area contributed by atoms with E-state index in [1.54, 1.807) is 0 Å². The van der Waals surface area contributed by atoms with Gasteiger partial charge in [0, 0.05) is 31.7 Å². The van der Waals surface area contributed by atoms with Gasteiger partial charge in [-0.3, -0.25) is 4.98 Å². The molecule has 0 atom stereocenters. The highest BCUT2D eigenvalue weighted by molar-refractivity contribution is 5.11. The van der Waals surface area contributed by atoms with Crippen molar-refractivity contribution >= 4 is 0 Å². The molecule has 1 N–H and O–H groups in total. The van der Waals surface area contributed by atoms with E-state index in [4.69, 9.17) is 0 Å². The van der Waals surface area contributed by atoms with Crippen LogP contribution in [0.1, 0.15) is 17.7 Å². The van der Waals surface area contributed by atoms with Crippen LogP contribution in [0, 0.1) is 6.92 Å². The Bertz CT molecular complexity index is 419. The first-order valence-electron chi connectivity index (χ1n) is 5.92. The minimum Gasteiger partial charge on any atom is -0.337 e. The van der Waals surface area contributed by atoms with Gasteiger partial charge in [-0.05, 0) is 31.5 Å². The van der Waals surface area contributed by atoms with E-state index in [0.717, 1.165) is 31.7 Å².